The number of hydrogen-bond donors (Lipinski definition) is 1. The van der Waals surface area contributed by atoms with Gasteiger partial charge < -0.3 is 15.0 Å². The van der Waals surface area contributed by atoms with Crippen LogP contribution < -0.4 is 10.2 Å². The Morgan fingerprint density at radius 1 is 1.33 bits per heavy atom. The predicted molar refractivity (Wildman–Crippen MR) is 99.5 cm³/mol. The Morgan fingerprint density at radius 2 is 2.17 bits per heavy atom. The van der Waals surface area contributed by atoms with Gasteiger partial charge in [0.25, 0.3) is 0 Å². The molecule has 0 atom stereocenters. The van der Waals surface area contributed by atoms with Crippen molar-refractivity contribution in [2.24, 2.45) is 0 Å². The number of rotatable bonds is 6. The minimum Gasteiger partial charge on any atom is -0.378 e. The van der Waals surface area contributed by atoms with Gasteiger partial charge in [-0.3, -0.25) is 0 Å². The van der Waals surface area contributed by atoms with E-state index in [0.717, 1.165) is 54.3 Å². The number of nitrogens with one attached hydrogen (secondary N) is 1. The van der Waals surface area contributed by atoms with Crippen molar-refractivity contribution in [3.63, 3.8) is 0 Å². The van der Waals surface area contributed by atoms with Gasteiger partial charge in [-0.25, -0.2) is 9.97 Å². The van der Waals surface area contributed by atoms with Crippen molar-refractivity contribution in [1.29, 1.82) is 0 Å². The number of pyridine rings is 2. The van der Waals surface area contributed by atoms with Crippen molar-refractivity contribution in [3.05, 3.63) is 61.5 Å². The van der Waals surface area contributed by atoms with Crippen molar-refractivity contribution in [3.8, 4) is 0 Å². The summed E-state index contributed by atoms with van der Waals surface area (Å²) in [5.74, 6) is 1.81. The zero-order valence-electron chi connectivity index (χ0n) is 13.7. The first-order chi connectivity index (χ1) is 11.8. The maximum atomic E-state index is 5.40. The third-order valence-corrected chi connectivity index (χ3v) is 3.92. The van der Waals surface area contributed by atoms with Gasteiger partial charge in [-0.15, -0.1) is 0 Å². The van der Waals surface area contributed by atoms with Gasteiger partial charge in [-0.2, -0.15) is 0 Å². The van der Waals surface area contributed by atoms with Crippen molar-refractivity contribution in [1.82, 2.24) is 9.97 Å². The molecule has 1 fully saturated rings. The van der Waals surface area contributed by atoms with E-state index in [4.69, 9.17) is 4.74 Å². The number of aromatic nitrogens is 2. The summed E-state index contributed by atoms with van der Waals surface area (Å²) in [6.07, 6.45) is 9.24. The lowest BCUT2D eigenvalue weighted by atomic mass is 10.2. The van der Waals surface area contributed by atoms with Crippen molar-refractivity contribution < 1.29 is 4.74 Å². The summed E-state index contributed by atoms with van der Waals surface area (Å²) < 4.78 is 5.40. The molecule has 1 saturated heterocycles. The Kier molecular flexibility index (Phi) is 5.23. The van der Waals surface area contributed by atoms with Crippen LogP contribution in [-0.2, 0) is 4.74 Å². The van der Waals surface area contributed by atoms with E-state index in [-0.39, 0.29) is 0 Å². The Balaban J connectivity index is 1.78. The summed E-state index contributed by atoms with van der Waals surface area (Å²) in [7, 11) is 0. The second-order valence-corrected chi connectivity index (χ2v) is 5.63. The van der Waals surface area contributed by atoms with E-state index in [1.807, 2.05) is 30.6 Å². The van der Waals surface area contributed by atoms with Crippen LogP contribution in [0.25, 0.3) is 10.8 Å². The maximum absolute atomic E-state index is 5.40. The van der Waals surface area contributed by atoms with Gasteiger partial charge in [0.1, 0.15) is 11.6 Å². The molecule has 0 amide bonds. The molecule has 0 bridgehead atoms. The van der Waals surface area contributed by atoms with Crippen molar-refractivity contribution in [2.75, 3.05) is 43.1 Å². The second-order valence-electron chi connectivity index (χ2n) is 5.63. The highest BCUT2D eigenvalue weighted by Crippen LogP contribution is 2.24. The van der Waals surface area contributed by atoms with E-state index in [0.29, 0.717) is 6.54 Å². The molecule has 124 valence electrons. The summed E-state index contributed by atoms with van der Waals surface area (Å²) >= 11 is 0. The highest BCUT2D eigenvalue weighted by atomic mass is 16.5. The van der Waals surface area contributed by atoms with Crippen molar-refractivity contribution in [2.45, 2.75) is 0 Å². The highest BCUT2D eigenvalue weighted by molar-refractivity contribution is 5.92. The molecular formula is C19H22N4O. The number of morpholine rings is 1. The Morgan fingerprint density at radius 3 is 2.96 bits per heavy atom. The average Bonchev–Trinajstić information content (AvgIpc) is 2.64. The van der Waals surface area contributed by atoms with E-state index in [1.54, 1.807) is 6.08 Å². The number of fused-ring (bicyclic) bond motifs is 1. The van der Waals surface area contributed by atoms with Gasteiger partial charge >= 0.3 is 0 Å². The summed E-state index contributed by atoms with van der Waals surface area (Å²) in [4.78, 5) is 11.3. The molecule has 2 aromatic heterocycles. The Hall–Kier alpha value is -2.66. The van der Waals surface area contributed by atoms with Crippen LogP contribution in [0.15, 0.2) is 61.5 Å². The third kappa shape index (κ3) is 3.81. The lowest BCUT2D eigenvalue weighted by Gasteiger charge is -2.28. The number of anilines is 2. The minimum absolute atomic E-state index is 0.627. The minimum atomic E-state index is 0.627. The quantitative estimate of drug-likeness (QED) is 0.828. The van der Waals surface area contributed by atoms with Gasteiger partial charge in [-0.05, 0) is 23.1 Å². The predicted octanol–water partition coefficient (Wildman–Crippen LogP) is 3.18. The van der Waals surface area contributed by atoms with E-state index >= 15 is 0 Å². The molecule has 3 rings (SSSR count). The number of hydrogen-bond acceptors (Lipinski definition) is 5. The molecule has 2 aromatic rings. The van der Waals surface area contributed by atoms with Gasteiger partial charge in [-0.1, -0.05) is 31.4 Å². The molecule has 0 aromatic carbocycles. The van der Waals surface area contributed by atoms with Crippen molar-refractivity contribution >= 4 is 22.4 Å². The summed E-state index contributed by atoms with van der Waals surface area (Å²) in [6.45, 7) is 11.6. The number of ether oxygens (including phenoxy) is 1. The van der Waals surface area contributed by atoms with E-state index in [2.05, 4.69) is 39.4 Å². The summed E-state index contributed by atoms with van der Waals surface area (Å²) in [5, 5.41) is 5.46. The molecule has 0 unspecified atom stereocenters. The fraction of sp³-hybridized carbons (Fsp3) is 0.263. The van der Waals surface area contributed by atoms with Crippen LogP contribution in [0.1, 0.15) is 0 Å². The maximum Gasteiger partial charge on any atom is 0.135 e. The molecule has 24 heavy (non-hydrogen) atoms. The molecule has 1 aliphatic rings. The standard InChI is InChI=1S/C19H22N4O/c1-3-4-5-15(2)13-22-19-17-14-21-18(12-16(17)6-7-20-19)23-8-10-24-11-9-23/h3-7,12,14H,1-2,8-11,13H2,(H,20,22)/b5-4-. The molecule has 0 radical (unpaired) electrons. The molecule has 0 saturated carbocycles. The molecule has 0 spiro atoms. The number of allylic oxidation sites excluding steroid dienone is 2. The SMILES string of the molecule is C=C/C=C\C(=C)CNc1nccc2cc(N3CCOCC3)ncc12. The van der Waals surface area contributed by atoms with Crippen LogP contribution in [-0.4, -0.2) is 42.8 Å². The Bertz CT molecular complexity index is 763. The van der Waals surface area contributed by atoms with Gasteiger partial charge in [0.15, 0.2) is 0 Å². The first-order valence-electron chi connectivity index (χ1n) is 8.06. The van der Waals surface area contributed by atoms with Gasteiger partial charge in [0.2, 0.25) is 0 Å². The van der Waals surface area contributed by atoms with Crippen LogP contribution in [0.5, 0.6) is 0 Å². The zero-order valence-corrected chi connectivity index (χ0v) is 13.7. The normalized spacial score (nSPS) is 14.9. The molecule has 0 aliphatic carbocycles. The van der Waals surface area contributed by atoms with Gasteiger partial charge in [0.05, 0.1) is 13.2 Å². The third-order valence-electron chi connectivity index (χ3n) is 3.92. The summed E-state index contributed by atoms with van der Waals surface area (Å²) in [6, 6.07) is 4.12. The van der Waals surface area contributed by atoms with Crippen LogP contribution in [0, 0.1) is 0 Å². The fourth-order valence-electron chi connectivity index (χ4n) is 2.62. The highest BCUT2D eigenvalue weighted by Gasteiger charge is 2.13. The molecule has 5 heteroatoms. The second kappa shape index (κ2) is 7.75. The zero-order chi connectivity index (χ0) is 16.8. The fourth-order valence-corrected chi connectivity index (χ4v) is 2.62. The van der Waals surface area contributed by atoms with E-state index in [1.165, 1.54) is 0 Å². The Labute approximate surface area is 142 Å². The summed E-state index contributed by atoms with van der Waals surface area (Å²) in [5.41, 5.74) is 0.964. The first-order valence-corrected chi connectivity index (χ1v) is 8.06. The number of nitrogens with zero attached hydrogens (tertiary/aromatic N) is 3. The molecule has 1 aliphatic heterocycles. The smallest absolute Gasteiger partial charge is 0.135 e. The van der Waals surface area contributed by atoms with Crippen LogP contribution in [0.3, 0.4) is 0 Å². The first kappa shape index (κ1) is 16.2. The largest absolute Gasteiger partial charge is 0.378 e. The van der Waals surface area contributed by atoms with Crippen LogP contribution >= 0.6 is 0 Å². The molecular weight excluding hydrogens is 300 g/mol. The van der Waals surface area contributed by atoms with Crippen LogP contribution in [0.4, 0.5) is 11.6 Å². The monoisotopic (exact) mass is 322 g/mol. The average molecular weight is 322 g/mol. The van der Waals surface area contributed by atoms with E-state index < -0.39 is 0 Å². The van der Waals surface area contributed by atoms with E-state index in [9.17, 15) is 0 Å². The molecule has 5 nitrogen and oxygen atoms in total. The topological polar surface area (TPSA) is 50.3 Å². The van der Waals surface area contributed by atoms with Crippen LogP contribution in [0.2, 0.25) is 0 Å². The lowest BCUT2D eigenvalue weighted by molar-refractivity contribution is 0.122. The lowest BCUT2D eigenvalue weighted by Crippen LogP contribution is -2.36. The molecule has 3 heterocycles. The van der Waals surface area contributed by atoms with Gasteiger partial charge in [0, 0.05) is 37.4 Å². The molecule has 1 N–H and O–H groups in total.